The Kier molecular flexibility index (Phi) is 6.57. The second kappa shape index (κ2) is 9.12. The van der Waals surface area contributed by atoms with Gasteiger partial charge in [-0.3, -0.25) is 9.59 Å². The summed E-state index contributed by atoms with van der Waals surface area (Å²) in [6.07, 6.45) is 1.99. The highest BCUT2D eigenvalue weighted by atomic mass is 16.5. The van der Waals surface area contributed by atoms with Gasteiger partial charge in [0.05, 0.1) is 0 Å². The van der Waals surface area contributed by atoms with Crippen LogP contribution in [0.25, 0.3) is 0 Å². The van der Waals surface area contributed by atoms with E-state index in [0.717, 1.165) is 37.2 Å². The summed E-state index contributed by atoms with van der Waals surface area (Å²) in [6, 6.07) is 17.2. The minimum atomic E-state index is -1.11. The van der Waals surface area contributed by atoms with Crippen molar-refractivity contribution >= 4 is 17.5 Å². The van der Waals surface area contributed by atoms with E-state index in [9.17, 15) is 9.59 Å². The van der Waals surface area contributed by atoms with Crippen LogP contribution in [0.3, 0.4) is 0 Å². The van der Waals surface area contributed by atoms with Crippen LogP contribution in [0.1, 0.15) is 39.2 Å². The number of ether oxygens (including phenoxy) is 1. The van der Waals surface area contributed by atoms with Gasteiger partial charge in [0.15, 0.2) is 0 Å². The first kappa shape index (κ1) is 20.9. The van der Waals surface area contributed by atoms with Gasteiger partial charge < -0.3 is 15.0 Å². The van der Waals surface area contributed by atoms with Gasteiger partial charge in [0, 0.05) is 18.8 Å². The van der Waals surface area contributed by atoms with Crippen LogP contribution in [-0.4, -0.2) is 29.8 Å². The average molecular weight is 395 g/mol. The van der Waals surface area contributed by atoms with Crippen molar-refractivity contribution in [3.8, 4) is 5.75 Å². The summed E-state index contributed by atoms with van der Waals surface area (Å²) in [5, 5.41) is 2.87. The number of carbonyl (C=O) groups excluding carboxylic acids is 2. The fourth-order valence-electron chi connectivity index (χ4n) is 3.37. The Hall–Kier alpha value is -2.82. The molecule has 0 bridgehead atoms. The van der Waals surface area contributed by atoms with Crippen molar-refractivity contribution in [1.82, 2.24) is 4.90 Å². The van der Waals surface area contributed by atoms with E-state index < -0.39 is 5.41 Å². The average Bonchev–Trinajstić information content (AvgIpc) is 2.74. The predicted octanol–water partition coefficient (Wildman–Crippen LogP) is 4.49. The fourth-order valence-corrected chi connectivity index (χ4v) is 3.37. The molecule has 29 heavy (non-hydrogen) atoms. The zero-order chi connectivity index (χ0) is 20.9. The van der Waals surface area contributed by atoms with Gasteiger partial charge in [-0.1, -0.05) is 37.3 Å². The molecule has 2 amide bonds. The Morgan fingerprint density at radius 2 is 1.66 bits per heavy atom. The number of benzene rings is 2. The molecule has 1 aliphatic rings. The van der Waals surface area contributed by atoms with Gasteiger partial charge in [-0.2, -0.15) is 0 Å². The molecule has 1 saturated heterocycles. The molecule has 0 aromatic heterocycles. The Balaban J connectivity index is 1.55. The lowest BCUT2D eigenvalue weighted by Crippen LogP contribution is -2.49. The highest BCUT2D eigenvalue weighted by Crippen LogP contribution is 2.26. The maximum atomic E-state index is 12.9. The summed E-state index contributed by atoms with van der Waals surface area (Å²) < 4.78 is 5.77. The number of likely N-dealkylation sites (tertiary alicyclic amines) is 1. The normalized spacial score (nSPS) is 15.1. The van der Waals surface area contributed by atoms with Gasteiger partial charge in [0.1, 0.15) is 17.8 Å². The SMILES string of the molecule is CC1CCN(C(=O)C(C)(C)C(=O)Nc2ccc(OCc3ccccc3)cc2)CC1. The lowest BCUT2D eigenvalue weighted by atomic mass is 9.88. The van der Waals surface area contributed by atoms with Crippen molar-refractivity contribution in [2.24, 2.45) is 11.3 Å². The van der Waals surface area contributed by atoms with Crippen molar-refractivity contribution in [1.29, 1.82) is 0 Å². The third-order valence-electron chi connectivity index (χ3n) is 5.53. The number of hydrogen-bond donors (Lipinski definition) is 1. The highest BCUT2D eigenvalue weighted by molar-refractivity contribution is 6.09. The molecule has 5 nitrogen and oxygen atoms in total. The van der Waals surface area contributed by atoms with Gasteiger partial charge in [0.2, 0.25) is 11.8 Å². The number of carbonyl (C=O) groups is 2. The summed E-state index contributed by atoms with van der Waals surface area (Å²) in [5.41, 5.74) is 0.635. The predicted molar refractivity (Wildman–Crippen MR) is 115 cm³/mol. The number of nitrogens with one attached hydrogen (secondary N) is 1. The molecular weight excluding hydrogens is 364 g/mol. The van der Waals surface area contributed by atoms with E-state index in [4.69, 9.17) is 4.74 Å². The lowest BCUT2D eigenvalue weighted by molar-refractivity contribution is -0.147. The van der Waals surface area contributed by atoms with Crippen LogP contribution < -0.4 is 10.1 Å². The minimum absolute atomic E-state index is 0.107. The van der Waals surface area contributed by atoms with Crippen LogP contribution in [0, 0.1) is 11.3 Å². The van der Waals surface area contributed by atoms with Crippen molar-refractivity contribution < 1.29 is 14.3 Å². The van der Waals surface area contributed by atoms with E-state index in [0.29, 0.717) is 18.2 Å². The first-order chi connectivity index (χ1) is 13.9. The van der Waals surface area contributed by atoms with Crippen molar-refractivity contribution in [2.45, 2.75) is 40.2 Å². The molecule has 0 radical (unpaired) electrons. The largest absolute Gasteiger partial charge is 0.489 e. The monoisotopic (exact) mass is 394 g/mol. The maximum Gasteiger partial charge on any atom is 0.239 e. The molecule has 0 atom stereocenters. The van der Waals surface area contributed by atoms with Gasteiger partial charge in [-0.15, -0.1) is 0 Å². The number of nitrogens with zero attached hydrogens (tertiary/aromatic N) is 1. The van der Waals surface area contributed by atoms with Crippen LogP contribution in [0.2, 0.25) is 0 Å². The second-order valence-electron chi connectivity index (χ2n) is 8.35. The Morgan fingerprint density at radius 1 is 1.03 bits per heavy atom. The quantitative estimate of drug-likeness (QED) is 0.735. The van der Waals surface area contributed by atoms with Crippen LogP contribution in [-0.2, 0) is 16.2 Å². The first-order valence-corrected chi connectivity index (χ1v) is 10.2. The van der Waals surface area contributed by atoms with E-state index in [-0.39, 0.29) is 11.8 Å². The molecule has 0 spiro atoms. The zero-order valence-corrected chi connectivity index (χ0v) is 17.5. The number of hydrogen-bond acceptors (Lipinski definition) is 3. The van der Waals surface area contributed by atoms with Gasteiger partial charge in [-0.05, 0) is 62.4 Å². The summed E-state index contributed by atoms with van der Waals surface area (Å²) in [4.78, 5) is 27.5. The molecule has 3 rings (SSSR count). The Labute approximate surface area is 173 Å². The number of amides is 2. The van der Waals surface area contributed by atoms with Crippen LogP contribution in [0.4, 0.5) is 5.69 Å². The fraction of sp³-hybridized carbons (Fsp3) is 0.417. The molecule has 2 aromatic carbocycles. The molecular formula is C24H30N2O3. The van der Waals surface area contributed by atoms with Crippen molar-refractivity contribution in [2.75, 3.05) is 18.4 Å². The molecule has 1 N–H and O–H groups in total. The van der Waals surface area contributed by atoms with Crippen LogP contribution in [0.5, 0.6) is 5.75 Å². The third-order valence-corrected chi connectivity index (χ3v) is 5.53. The molecule has 0 aliphatic carbocycles. The zero-order valence-electron chi connectivity index (χ0n) is 17.5. The van der Waals surface area contributed by atoms with E-state index in [1.54, 1.807) is 26.0 Å². The lowest BCUT2D eigenvalue weighted by Gasteiger charge is -2.35. The Bertz CT molecular complexity index is 823. The second-order valence-corrected chi connectivity index (χ2v) is 8.35. The smallest absolute Gasteiger partial charge is 0.239 e. The molecule has 5 heteroatoms. The molecule has 1 fully saturated rings. The number of rotatable bonds is 6. The molecule has 0 saturated carbocycles. The molecule has 0 unspecified atom stereocenters. The van der Waals surface area contributed by atoms with Crippen molar-refractivity contribution in [3.05, 3.63) is 60.2 Å². The van der Waals surface area contributed by atoms with E-state index >= 15 is 0 Å². The van der Waals surface area contributed by atoms with Gasteiger partial charge in [0.25, 0.3) is 0 Å². The summed E-state index contributed by atoms with van der Waals surface area (Å²) in [5.74, 6) is 0.965. The van der Waals surface area contributed by atoms with E-state index in [1.165, 1.54) is 0 Å². The van der Waals surface area contributed by atoms with E-state index in [1.807, 2.05) is 47.4 Å². The van der Waals surface area contributed by atoms with Gasteiger partial charge >= 0.3 is 0 Å². The third kappa shape index (κ3) is 5.37. The standard InChI is InChI=1S/C24H30N2O3/c1-18-13-15-26(16-14-18)23(28)24(2,3)22(27)25-20-9-11-21(12-10-20)29-17-19-7-5-4-6-8-19/h4-12,18H,13-17H2,1-3H3,(H,25,27). The van der Waals surface area contributed by atoms with Crippen LogP contribution in [0.15, 0.2) is 54.6 Å². The number of piperidine rings is 1. The summed E-state index contributed by atoms with van der Waals surface area (Å²) >= 11 is 0. The molecule has 1 heterocycles. The molecule has 154 valence electrons. The van der Waals surface area contributed by atoms with Gasteiger partial charge in [-0.25, -0.2) is 0 Å². The molecule has 1 aliphatic heterocycles. The minimum Gasteiger partial charge on any atom is -0.489 e. The van der Waals surface area contributed by atoms with Crippen LogP contribution >= 0.6 is 0 Å². The summed E-state index contributed by atoms with van der Waals surface area (Å²) in [6.45, 7) is 7.53. The first-order valence-electron chi connectivity index (χ1n) is 10.2. The van der Waals surface area contributed by atoms with E-state index in [2.05, 4.69) is 12.2 Å². The number of anilines is 1. The van der Waals surface area contributed by atoms with Crippen molar-refractivity contribution in [3.63, 3.8) is 0 Å². The molecule has 2 aromatic rings. The highest BCUT2D eigenvalue weighted by Gasteiger charge is 2.39. The maximum absolute atomic E-state index is 12.9. The topological polar surface area (TPSA) is 58.6 Å². The summed E-state index contributed by atoms with van der Waals surface area (Å²) in [7, 11) is 0. The Morgan fingerprint density at radius 3 is 2.28 bits per heavy atom.